The Labute approximate surface area is 163 Å². The first-order valence-electron chi connectivity index (χ1n) is 9.17. The van der Waals surface area contributed by atoms with Crippen molar-refractivity contribution in [2.75, 3.05) is 24.5 Å². The minimum atomic E-state index is -2.64. The molecule has 9 heteroatoms. The number of rotatable bonds is 3. The lowest BCUT2D eigenvalue weighted by molar-refractivity contribution is 0.0624. The van der Waals surface area contributed by atoms with Gasteiger partial charge in [-0.05, 0) is 43.2 Å². The molecule has 2 aliphatic rings. The molecule has 5 rings (SSSR count). The number of piperazine rings is 1. The predicted molar refractivity (Wildman–Crippen MR) is 104 cm³/mol. The number of amides is 1. The largest absolute Gasteiger partial charge is 0.352 e. The van der Waals surface area contributed by atoms with Crippen molar-refractivity contribution in [1.82, 2.24) is 19.9 Å². The number of carbonyl (C=O) groups is 1. The number of thiol groups is 1. The van der Waals surface area contributed by atoms with Crippen LogP contribution in [0.5, 0.6) is 0 Å². The van der Waals surface area contributed by atoms with Crippen LogP contribution in [0.2, 0.25) is 0 Å². The highest BCUT2D eigenvalue weighted by Crippen LogP contribution is 2.46. The number of nitrogens with one attached hydrogen (secondary N) is 1. The Bertz CT molecular complexity index is 1130. The van der Waals surface area contributed by atoms with Gasteiger partial charge in [0.1, 0.15) is 17.8 Å². The Morgan fingerprint density at radius 3 is 2.57 bits per heavy atom. The molecule has 144 valence electrons. The SMILES string of the molecule is O=C(c1ccc([SH](=O)=O)cc1)N1CCN(c2ncnc3[nH]ccc23)CC12CC2. The second kappa shape index (κ2) is 6.30. The summed E-state index contributed by atoms with van der Waals surface area (Å²) in [5.41, 5.74) is 1.16. The second-order valence-electron chi connectivity index (χ2n) is 7.34. The molecule has 3 heterocycles. The fourth-order valence-corrected chi connectivity index (χ4v) is 4.43. The molecule has 0 atom stereocenters. The summed E-state index contributed by atoms with van der Waals surface area (Å²) in [4.78, 5) is 29.3. The van der Waals surface area contributed by atoms with E-state index in [0.29, 0.717) is 18.7 Å². The lowest BCUT2D eigenvalue weighted by atomic mass is 10.1. The van der Waals surface area contributed by atoms with E-state index >= 15 is 0 Å². The molecule has 1 aromatic carbocycles. The third-order valence-electron chi connectivity index (χ3n) is 5.68. The molecule has 1 saturated carbocycles. The first-order chi connectivity index (χ1) is 13.6. The zero-order chi connectivity index (χ0) is 19.3. The van der Waals surface area contributed by atoms with Gasteiger partial charge in [-0.15, -0.1) is 0 Å². The maximum Gasteiger partial charge on any atom is 0.254 e. The van der Waals surface area contributed by atoms with Crippen molar-refractivity contribution in [1.29, 1.82) is 0 Å². The zero-order valence-electron chi connectivity index (χ0n) is 15.0. The van der Waals surface area contributed by atoms with Crippen molar-refractivity contribution in [2.24, 2.45) is 0 Å². The number of fused-ring (bicyclic) bond motifs is 1. The van der Waals surface area contributed by atoms with Gasteiger partial charge < -0.3 is 14.8 Å². The third-order valence-corrected chi connectivity index (χ3v) is 6.40. The molecular weight excluding hydrogens is 378 g/mol. The van der Waals surface area contributed by atoms with E-state index in [1.807, 2.05) is 17.2 Å². The molecule has 0 unspecified atom stereocenters. The van der Waals surface area contributed by atoms with Crippen LogP contribution in [0.4, 0.5) is 5.82 Å². The van der Waals surface area contributed by atoms with Gasteiger partial charge in [0.15, 0.2) is 10.7 Å². The van der Waals surface area contributed by atoms with Gasteiger partial charge in [0, 0.05) is 31.4 Å². The Balaban J connectivity index is 1.39. The number of carbonyl (C=O) groups excluding carboxylic acids is 1. The van der Waals surface area contributed by atoms with Gasteiger partial charge in [-0.3, -0.25) is 4.79 Å². The van der Waals surface area contributed by atoms with E-state index in [-0.39, 0.29) is 16.3 Å². The van der Waals surface area contributed by atoms with Crippen molar-refractivity contribution < 1.29 is 13.2 Å². The summed E-state index contributed by atoms with van der Waals surface area (Å²) >= 11 is 0. The third kappa shape index (κ3) is 2.73. The standard InChI is InChI=1S/C19H19N5O3S/c25-18(13-1-3-14(4-2-13)28(26)27)24-10-9-23(11-19(24)6-7-19)17-15-5-8-20-16(15)21-12-22-17/h1-5,8,12,28H,6-7,9-11H2,(H,20,21,22). The van der Waals surface area contributed by atoms with Crippen LogP contribution in [0.25, 0.3) is 11.0 Å². The highest BCUT2D eigenvalue weighted by molar-refractivity contribution is 7.72. The molecule has 1 aliphatic heterocycles. The molecule has 1 aliphatic carbocycles. The van der Waals surface area contributed by atoms with Crippen molar-refractivity contribution in [3.63, 3.8) is 0 Å². The van der Waals surface area contributed by atoms with Crippen LogP contribution in [0, 0.1) is 0 Å². The number of nitrogens with zero attached hydrogens (tertiary/aromatic N) is 4. The molecule has 0 bridgehead atoms. The van der Waals surface area contributed by atoms with Gasteiger partial charge in [-0.25, -0.2) is 18.4 Å². The Kier molecular flexibility index (Phi) is 3.87. The van der Waals surface area contributed by atoms with Gasteiger partial charge in [-0.1, -0.05) is 0 Å². The van der Waals surface area contributed by atoms with Crippen LogP contribution in [-0.2, 0) is 10.7 Å². The molecule has 2 aromatic heterocycles. The summed E-state index contributed by atoms with van der Waals surface area (Å²) in [5.74, 6) is 0.854. The van der Waals surface area contributed by atoms with Crippen molar-refractivity contribution >= 4 is 33.5 Å². The minimum absolute atomic E-state index is 0.0423. The zero-order valence-corrected chi connectivity index (χ0v) is 15.9. The number of H-pyrrole nitrogens is 1. The lowest BCUT2D eigenvalue weighted by Gasteiger charge is -2.42. The normalized spacial score (nSPS) is 18.2. The number of aromatic amines is 1. The number of hydrogen-bond acceptors (Lipinski definition) is 6. The summed E-state index contributed by atoms with van der Waals surface area (Å²) in [5, 5.41) is 0.986. The summed E-state index contributed by atoms with van der Waals surface area (Å²) < 4.78 is 22.1. The smallest absolute Gasteiger partial charge is 0.254 e. The Morgan fingerprint density at radius 2 is 1.86 bits per heavy atom. The number of hydrogen-bond donors (Lipinski definition) is 2. The van der Waals surface area contributed by atoms with Crippen molar-refractivity contribution in [2.45, 2.75) is 23.3 Å². The molecule has 1 N–H and O–H groups in total. The first-order valence-corrected chi connectivity index (χ1v) is 10.3. The van der Waals surface area contributed by atoms with Crippen molar-refractivity contribution in [3.05, 3.63) is 48.4 Å². The fourth-order valence-electron chi connectivity index (χ4n) is 4.04. The second-order valence-corrected chi connectivity index (χ2v) is 8.37. The van der Waals surface area contributed by atoms with E-state index < -0.39 is 10.7 Å². The Morgan fingerprint density at radius 1 is 1.07 bits per heavy atom. The van der Waals surface area contributed by atoms with E-state index in [1.54, 1.807) is 18.5 Å². The summed E-state index contributed by atoms with van der Waals surface area (Å²) in [7, 11) is -2.64. The molecule has 1 spiro atoms. The lowest BCUT2D eigenvalue weighted by Crippen LogP contribution is -2.57. The molecule has 1 saturated heterocycles. The molecule has 1 amide bonds. The van der Waals surface area contributed by atoms with E-state index in [4.69, 9.17) is 0 Å². The van der Waals surface area contributed by atoms with Crippen LogP contribution in [0.15, 0.2) is 47.8 Å². The number of aromatic nitrogens is 3. The van der Waals surface area contributed by atoms with Gasteiger partial charge in [0.25, 0.3) is 5.91 Å². The van der Waals surface area contributed by atoms with Gasteiger partial charge in [-0.2, -0.15) is 0 Å². The predicted octanol–water partition coefficient (Wildman–Crippen LogP) is 1.42. The van der Waals surface area contributed by atoms with Crippen LogP contribution in [0.3, 0.4) is 0 Å². The maximum absolute atomic E-state index is 13.1. The average Bonchev–Trinajstić information content (AvgIpc) is 3.29. The maximum atomic E-state index is 13.1. The highest BCUT2D eigenvalue weighted by atomic mass is 32.2. The number of benzene rings is 1. The number of anilines is 1. The van der Waals surface area contributed by atoms with E-state index in [1.165, 1.54) is 12.1 Å². The quantitative estimate of drug-likeness (QED) is 0.649. The van der Waals surface area contributed by atoms with Crippen LogP contribution in [-0.4, -0.2) is 59.4 Å². The molecular formula is C19H19N5O3S. The van der Waals surface area contributed by atoms with E-state index in [0.717, 1.165) is 36.2 Å². The van der Waals surface area contributed by atoms with Crippen molar-refractivity contribution in [3.8, 4) is 0 Å². The van der Waals surface area contributed by atoms with E-state index in [2.05, 4.69) is 19.9 Å². The molecule has 0 radical (unpaired) electrons. The highest BCUT2D eigenvalue weighted by Gasteiger charge is 2.53. The molecule has 3 aromatic rings. The van der Waals surface area contributed by atoms with Crippen LogP contribution < -0.4 is 4.90 Å². The summed E-state index contributed by atoms with van der Waals surface area (Å²) in [6, 6.07) is 8.14. The minimum Gasteiger partial charge on any atom is -0.352 e. The average molecular weight is 397 g/mol. The summed E-state index contributed by atoms with van der Waals surface area (Å²) in [6.07, 6.45) is 5.34. The molecule has 2 fully saturated rings. The van der Waals surface area contributed by atoms with Gasteiger partial charge in [0.05, 0.1) is 15.8 Å². The van der Waals surface area contributed by atoms with E-state index in [9.17, 15) is 13.2 Å². The topological polar surface area (TPSA) is 99.3 Å². The van der Waals surface area contributed by atoms with Crippen LogP contribution in [0.1, 0.15) is 23.2 Å². The van der Waals surface area contributed by atoms with Gasteiger partial charge in [0.2, 0.25) is 0 Å². The monoisotopic (exact) mass is 397 g/mol. The molecule has 28 heavy (non-hydrogen) atoms. The molecule has 8 nitrogen and oxygen atoms in total. The Hall–Kier alpha value is -2.94. The van der Waals surface area contributed by atoms with Gasteiger partial charge >= 0.3 is 0 Å². The summed E-state index contributed by atoms with van der Waals surface area (Å²) in [6.45, 7) is 2.03. The fraction of sp³-hybridized carbons (Fsp3) is 0.316. The first kappa shape index (κ1) is 17.2. The van der Waals surface area contributed by atoms with Crippen LogP contribution >= 0.6 is 0 Å².